The van der Waals surface area contributed by atoms with Crippen LogP contribution in [0.3, 0.4) is 0 Å². The third kappa shape index (κ3) is 3.87. The van der Waals surface area contributed by atoms with Crippen LogP contribution in [0.2, 0.25) is 0 Å². The molecule has 0 aliphatic rings. The molecular formula is C12H25N3O3. The van der Waals surface area contributed by atoms with Crippen molar-refractivity contribution >= 4 is 11.7 Å². The van der Waals surface area contributed by atoms with Gasteiger partial charge in [0.1, 0.15) is 5.41 Å². The predicted molar refractivity (Wildman–Crippen MR) is 70.5 cm³/mol. The zero-order valence-electron chi connectivity index (χ0n) is 11.7. The van der Waals surface area contributed by atoms with Gasteiger partial charge in [-0.15, -0.1) is 0 Å². The predicted octanol–water partition coefficient (Wildman–Crippen LogP) is 0.938. The maximum Gasteiger partial charge on any atom is 0.233 e. The average Bonchev–Trinajstić information content (AvgIpc) is 2.38. The van der Waals surface area contributed by atoms with Gasteiger partial charge in [0.15, 0.2) is 5.84 Å². The summed E-state index contributed by atoms with van der Waals surface area (Å²) in [4.78, 5) is 12.2. The molecule has 0 radical (unpaired) electrons. The van der Waals surface area contributed by atoms with Crippen molar-refractivity contribution in [2.45, 2.75) is 33.6 Å². The Labute approximate surface area is 109 Å². The largest absolute Gasteiger partial charge is 0.409 e. The Kier molecular flexibility index (Phi) is 7.35. The van der Waals surface area contributed by atoms with Crippen molar-refractivity contribution < 1.29 is 14.7 Å². The molecule has 1 atom stereocenters. The van der Waals surface area contributed by atoms with Crippen LogP contribution in [0.1, 0.15) is 33.6 Å². The third-order valence-electron chi connectivity index (χ3n) is 3.30. The van der Waals surface area contributed by atoms with Crippen LogP contribution in [0.4, 0.5) is 0 Å². The standard InChI is InChI=1S/C12H25N3O3/c1-5-12(6-2,10(13)15-17)11(16)14-7-9(3)8-18-4/h9,17H,5-8H2,1-4H3,(H2,13,15)(H,14,16). The summed E-state index contributed by atoms with van der Waals surface area (Å²) in [7, 11) is 1.62. The van der Waals surface area contributed by atoms with Gasteiger partial charge in [-0.25, -0.2) is 0 Å². The number of hydrogen-bond acceptors (Lipinski definition) is 4. The molecule has 106 valence electrons. The summed E-state index contributed by atoms with van der Waals surface area (Å²) in [6.07, 6.45) is 0.980. The van der Waals surface area contributed by atoms with Crippen LogP contribution in [-0.2, 0) is 9.53 Å². The number of methoxy groups -OCH3 is 1. The van der Waals surface area contributed by atoms with Gasteiger partial charge in [-0.05, 0) is 18.8 Å². The van der Waals surface area contributed by atoms with Crippen molar-refractivity contribution in [2.24, 2.45) is 22.2 Å². The Morgan fingerprint density at radius 2 is 2.06 bits per heavy atom. The van der Waals surface area contributed by atoms with E-state index in [0.29, 0.717) is 26.0 Å². The van der Waals surface area contributed by atoms with Crippen molar-refractivity contribution in [3.05, 3.63) is 0 Å². The molecule has 0 fully saturated rings. The number of amides is 1. The van der Waals surface area contributed by atoms with Gasteiger partial charge in [-0.1, -0.05) is 25.9 Å². The monoisotopic (exact) mass is 259 g/mol. The number of hydrogen-bond donors (Lipinski definition) is 3. The van der Waals surface area contributed by atoms with E-state index in [-0.39, 0.29) is 17.7 Å². The van der Waals surface area contributed by atoms with Crippen LogP contribution in [0.5, 0.6) is 0 Å². The van der Waals surface area contributed by atoms with Gasteiger partial charge in [0.05, 0.1) is 6.61 Å². The van der Waals surface area contributed by atoms with Crippen LogP contribution in [-0.4, -0.2) is 37.2 Å². The lowest BCUT2D eigenvalue weighted by Crippen LogP contribution is -2.50. The number of carbonyl (C=O) groups excluding carboxylic acids is 1. The summed E-state index contributed by atoms with van der Waals surface area (Å²) >= 11 is 0. The zero-order valence-corrected chi connectivity index (χ0v) is 11.7. The lowest BCUT2D eigenvalue weighted by atomic mass is 9.80. The number of nitrogens with two attached hydrogens (primary N) is 1. The second-order valence-corrected chi connectivity index (χ2v) is 4.54. The molecule has 1 amide bonds. The first-order valence-electron chi connectivity index (χ1n) is 6.23. The Morgan fingerprint density at radius 1 is 1.50 bits per heavy atom. The van der Waals surface area contributed by atoms with Gasteiger partial charge in [0.2, 0.25) is 5.91 Å². The van der Waals surface area contributed by atoms with Gasteiger partial charge in [-0.3, -0.25) is 4.79 Å². The van der Waals surface area contributed by atoms with Crippen LogP contribution in [0.15, 0.2) is 5.16 Å². The van der Waals surface area contributed by atoms with Gasteiger partial charge >= 0.3 is 0 Å². The molecule has 6 heteroatoms. The van der Waals surface area contributed by atoms with E-state index >= 15 is 0 Å². The van der Waals surface area contributed by atoms with E-state index in [1.54, 1.807) is 7.11 Å². The Balaban J connectivity index is 4.69. The number of nitrogens with one attached hydrogen (secondary N) is 1. The molecule has 0 aliphatic carbocycles. The van der Waals surface area contributed by atoms with Crippen LogP contribution >= 0.6 is 0 Å². The fourth-order valence-corrected chi connectivity index (χ4v) is 1.92. The summed E-state index contributed by atoms with van der Waals surface area (Å²) in [6, 6.07) is 0. The maximum atomic E-state index is 12.2. The minimum Gasteiger partial charge on any atom is -0.409 e. The quantitative estimate of drug-likeness (QED) is 0.261. The average molecular weight is 259 g/mol. The summed E-state index contributed by atoms with van der Waals surface area (Å²) in [5, 5.41) is 14.6. The first kappa shape index (κ1) is 16.7. The van der Waals surface area contributed by atoms with E-state index in [4.69, 9.17) is 15.7 Å². The Bertz CT molecular complexity index is 288. The number of nitrogens with zero attached hydrogens (tertiary/aromatic N) is 1. The third-order valence-corrected chi connectivity index (χ3v) is 3.30. The molecule has 18 heavy (non-hydrogen) atoms. The summed E-state index contributed by atoms with van der Waals surface area (Å²) in [5.41, 5.74) is 4.72. The van der Waals surface area contributed by atoms with Crippen molar-refractivity contribution in [1.29, 1.82) is 0 Å². The Hall–Kier alpha value is -1.30. The van der Waals surface area contributed by atoms with Crippen LogP contribution in [0, 0.1) is 11.3 Å². The van der Waals surface area contributed by atoms with Crippen molar-refractivity contribution in [3.8, 4) is 0 Å². The van der Waals surface area contributed by atoms with E-state index < -0.39 is 5.41 Å². The minimum atomic E-state index is -0.929. The normalized spacial score (nSPS) is 14.3. The molecular weight excluding hydrogens is 234 g/mol. The van der Waals surface area contributed by atoms with E-state index in [1.165, 1.54) is 0 Å². The number of amidine groups is 1. The van der Waals surface area contributed by atoms with Gasteiger partial charge in [-0.2, -0.15) is 0 Å². The van der Waals surface area contributed by atoms with E-state index in [9.17, 15) is 4.79 Å². The summed E-state index contributed by atoms with van der Waals surface area (Å²) in [5.74, 6) is -0.0206. The zero-order chi connectivity index (χ0) is 14.2. The van der Waals surface area contributed by atoms with Crippen molar-refractivity contribution in [1.82, 2.24) is 5.32 Å². The van der Waals surface area contributed by atoms with Crippen LogP contribution < -0.4 is 11.1 Å². The van der Waals surface area contributed by atoms with E-state index in [0.717, 1.165) is 0 Å². The fraction of sp³-hybridized carbons (Fsp3) is 0.833. The fourth-order valence-electron chi connectivity index (χ4n) is 1.92. The maximum absolute atomic E-state index is 12.2. The van der Waals surface area contributed by atoms with Gasteiger partial charge < -0.3 is 21.0 Å². The smallest absolute Gasteiger partial charge is 0.233 e. The number of ether oxygens (including phenoxy) is 1. The van der Waals surface area contributed by atoms with Gasteiger partial charge in [0, 0.05) is 13.7 Å². The molecule has 0 bridgehead atoms. The van der Waals surface area contributed by atoms with E-state index in [1.807, 2.05) is 20.8 Å². The highest BCUT2D eigenvalue weighted by Gasteiger charge is 2.39. The highest BCUT2D eigenvalue weighted by atomic mass is 16.5. The molecule has 0 spiro atoms. The number of oxime groups is 1. The van der Waals surface area contributed by atoms with Crippen molar-refractivity contribution in [2.75, 3.05) is 20.3 Å². The molecule has 0 saturated carbocycles. The number of rotatable bonds is 8. The molecule has 0 rings (SSSR count). The second-order valence-electron chi connectivity index (χ2n) is 4.54. The molecule has 0 aromatic heterocycles. The lowest BCUT2D eigenvalue weighted by Gasteiger charge is -2.29. The highest BCUT2D eigenvalue weighted by molar-refractivity contribution is 6.06. The molecule has 0 aromatic carbocycles. The van der Waals surface area contributed by atoms with Crippen molar-refractivity contribution in [3.63, 3.8) is 0 Å². The topological polar surface area (TPSA) is 96.9 Å². The van der Waals surface area contributed by atoms with Gasteiger partial charge in [0.25, 0.3) is 0 Å². The highest BCUT2D eigenvalue weighted by Crippen LogP contribution is 2.27. The first-order chi connectivity index (χ1) is 8.48. The first-order valence-corrected chi connectivity index (χ1v) is 6.23. The molecule has 0 heterocycles. The molecule has 0 saturated heterocycles. The molecule has 6 nitrogen and oxygen atoms in total. The Morgan fingerprint density at radius 3 is 2.44 bits per heavy atom. The molecule has 0 aromatic rings. The molecule has 4 N–H and O–H groups in total. The van der Waals surface area contributed by atoms with E-state index in [2.05, 4.69) is 10.5 Å². The molecule has 1 unspecified atom stereocenters. The van der Waals surface area contributed by atoms with Crippen LogP contribution in [0.25, 0.3) is 0 Å². The lowest BCUT2D eigenvalue weighted by molar-refractivity contribution is -0.128. The molecule has 0 aliphatic heterocycles. The summed E-state index contributed by atoms with van der Waals surface area (Å²) in [6.45, 7) is 6.76. The minimum absolute atomic E-state index is 0.0376. The SMILES string of the molecule is CCC(CC)(C(=O)NCC(C)COC)C(N)=NO. The second kappa shape index (κ2) is 7.92. The summed E-state index contributed by atoms with van der Waals surface area (Å²) < 4.78 is 5.00. The number of carbonyl (C=O) groups is 1.